The van der Waals surface area contributed by atoms with Crippen molar-refractivity contribution in [1.82, 2.24) is 15.1 Å². The smallest absolute Gasteiger partial charge is 0.253 e. The van der Waals surface area contributed by atoms with Crippen molar-refractivity contribution in [2.75, 3.05) is 14.1 Å². The van der Waals surface area contributed by atoms with Gasteiger partial charge in [0.2, 0.25) is 5.89 Å². The molecule has 0 aliphatic carbocycles. The molecule has 1 rings (SSSR count). The minimum atomic E-state index is -1.56. The molecule has 4 nitrogen and oxygen atoms in total. The number of hydrogen-bond acceptors (Lipinski definition) is 4. The van der Waals surface area contributed by atoms with Crippen LogP contribution in [-0.2, 0) is 12.2 Å². The van der Waals surface area contributed by atoms with Crippen LogP contribution in [0.5, 0.6) is 0 Å². The highest BCUT2D eigenvalue weighted by Crippen LogP contribution is 2.22. The van der Waals surface area contributed by atoms with Crippen LogP contribution in [0.1, 0.15) is 25.6 Å². The third kappa shape index (κ3) is 2.77. The summed E-state index contributed by atoms with van der Waals surface area (Å²) in [6.07, 6.45) is 0. The Hall–Kier alpha value is -0.970. The van der Waals surface area contributed by atoms with E-state index >= 15 is 0 Å². The van der Waals surface area contributed by atoms with Gasteiger partial charge in [0.15, 0.2) is 5.67 Å². The third-order valence-corrected chi connectivity index (χ3v) is 1.43. The summed E-state index contributed by atoms with van der Waals surface area (Å²) in [6.45, 7) is 3.31. The zero-order valence-corrected chi connectivity index (χ0v) is 8.33. The van der Waals surface area contributed by atoms with Gasteiger partial charge in [-0.05, 0) is 27.9 Å². The summed E-state index contributed by atoms with van der Waals surface area (Å²) in [4.78, 5) is 1.88. The van der Waals surface area contributed by atoms with Gasteiger partial charge in [0, 0.05) is 0 Å². The third-order valence-electron chi connectivity index (χ3n) is 1.43. The Bertz CT molecular complexity index is 277. The van der Waals surface area contributed by atoms with Gasteiger partial charge >= 0.3 is 0 Å². The van der Waals surface area contributed by atoms with E-state index in [0.29, 0.717) is 12.4 Å². The van der Waals surface area contributed by atoms with E-state index in [4.69, 9.17) is 4.42 Å². The molecular formula is C8H14FN3O. The van der Waals surface area contributed by atoms with Crippen LogP contribution in [0.2, 0.25) is 0 Å². The highest BCUT2D eigenvalue weighted by Gasteiger charge is 2.26. The minimum Gasteiger partial charge on any atom is -0.420 e. The van der Waals surface area contributed by atoms with Crippen molar-refractivity contribution in [3.8, 4) is 0 Å². The minimum absolute atomic E-state index is 0.0318. The van der Waals surface area contributed by atoms with Gasteiger partial charge in [-0.15, -0.1) is 10.2 Å². The summed E-state index contributed by atoms with van der Waals surface area (Å²) in [5.74, 6) is 0.468. The molecule has 1 heterocycles. The number of aromatic nitrogens is 2. The summed E-state index contributed by atoms with van der Waals surface area (Å²) in [5, 5.41) is 7.35. The lowest BCUT2D eigenvalue weighted by molar-refractivity contribution is 0.164. The molecule has 0 unspecified atom stereocenters. The predicted molar refractivity (Wildman–Crippen MR) is 45.8 cm³/mol. The molecule has 0 spiro atoms. The van der Waals surface area contributed by atoms with E-state index in [1.54, 1.807) is 0 Å². The van der Waals surface area contributed by atoms with Crippen LogP contribution in [0.15, 0.2) is 4.42 Å². The Morgan fingerprint density at radius 2 is 2.00 bits per heavy atom. The highest BCUT2D eigenvalue weighted by molar-refractivity contribution is 4.91. The first-order chi connectivity index (χ1) is 5.89. The van der Waals surface area contributed by atoms with Crippen molar-refractivity contribution >= 4 is 0 Å². The average Bonchev–Trinajstić information content (AvgIpc) is 2.32. The molecular weight excluding hydrogens is 173 g/mol. The van der Waals surface area contributed by atoms with E-state index < -0.39 is 5.67 Å². The average molecular weight is 187 g/mol. The van der Waals surface area contributed by atoms with E-state index in [2.05, 4.69) is 10.2 Å². The second kappa shape index (κ2) is 3.41. The van der Waals surface area contributed by atoms with E-state index in [1.165, 1.54) is 13.8 Å². The molecule has 0 aliphatic heterocycles. The molecule has 13 heavy (non-hydrogen) atoms. The molecule has 1 aromatic rings. The lowest BCUT2D eigenvalue weighted by Crippen LogP contribution is -2.11. The largest absolute Gasteiger partial charge is 0.420 e. The summed E-state index contributed by atoms with van der Waals surface area (Å²) >= 11 is 0. The van der Waals surface area contributed by atoms with Gasteiger partial charge in [-0.3, -0.25) is 0 Å². The lowest BCUT2D eigenvalue weighted by atomic mass is 10.2. The molecule has 74 valence electrons. The number of alkyl halides is 1. The monoisotopic (exact) mass is 187 g/mol. The molecule has 0 radical (unpaired) electrons. The maximum Gasteiger partial charge on any atom is 0.253 e. The van der Waals surface area contributed by atoms with Gasteiger partial charge in [0.1, 0.15) is 0 Å². The number of hydrogen-bond donors (Lipinski definition) is 0. The topological polar surface area (TPSA) is 42.2 Å². The first-order valence-electron chi connectivity index (χ1n) is 4.06. The van der Waals surface area contributed by atoms with Gasteiger partial charge in [0.05, 0.1) is 6.54 Å². The highest BCUT2D eigenvalue weighted by atomic mass is 19.1. The van der Waals surface area contributed by atoms with Crippen LogP contribution in [0.3, 0.4) is 0 Å². The van der Waals surface area contributed by atoms with Crippen LogP contribution < -0.4 is 0 Å². The van der Waals surface area contributed by atoms with Gasteiger partial charge in [-0.1, -0.05) is 0 Å². The van der Waals surface area contributed by atoms with Crippen molar-refractivity contribution < 1.29 is 8.81 Å². The number of halogens is 1. The first-order valence-corrected chi connectivity index (χ1v) is 4.06. The van der Waals surface area contributed by atoms with Crippen LogP contribution >= 0.6 is 0 Å². The molecule has 1 aromatic heterocycles. The van der Waals surface area contributed by atoms with Crippen molar-refractivity contribution in [3.63, 3.8) is 0 Å². The second-order valence-electron chi connectivity index (χ2n) is 3.71. The van der Waals surface area contributed by atoms with Crippen molar-refractivity contribution in [2.24, 2.45) is 0 Å². The van der Waals surface area contributed by atoms with Gasteiger partial charge < -0.3 is 9.32 Å². The Labute approximate surface area is 76.7 Å². The molecule has 0 N–H and O–H groups in total. The molecule has 0 fully saturated rings. The molecule has 0 saturated carbocycles. The van der Waals surface area contributed by atoms with Crippen LogP contribution in [0, 0.1) is 0 Å². The molecule has 5 heteroatoms. The molecule has 0 atom stereocenters. The van der Waals surface area contributed by atoms with E-state index in [0.717, 1.165) is 0 Å². The zero-order chi connectivity index (χ0) is 10.1. The fraction of sp³-hybridized carbons (Fsp3) is 0.750. The van der Waals surface area contributed by atoms with Crippen LogP contribution in [0.25, 0.3) is 0 Å². The fourth-order valence-corrected chi connectivity index (χ4v) is 0.828. The van der Waals surface area contributed by atoms with Gasteiger partial charge in [-0.2, -0.15) is 0 Å². The molecule has 0 bridgehead atoms. The Balaban J connectivity index is 2.75. The molecule has 0 aromatic carbocycles. The molecule has 0 saturated heterocycles. The van der Waals surface area contributed by atoms with Crippen LogP contribution in [0.4, 0.5) is 4.39 Å². The zero-order valence-electron chi connectivity index (χ0n) is 8.33. The van der Waals surface area contributed by atoms with Crippen molar-refractivity contribution in [2.45, 2.75) is 26.1 Å². The normalized spacial score (nSPS) is 12.5. The lowest BCUT2D eigenvalue weighted by Gasteiger charge is -2.07. The van der Waals surface area contributed by atoms with Gasteiger partial charge in [-0.25, -0.2) is 4.39 Å². The molecule has 0 amide bonds. The van der Waals surface area contributed by atoms with E-state index in [-0.39, 0.29) is 5.89 Å². The summed E-state index contributed by atoms with van der Waals surface area (Å²) in [7, 11) is 3.76. The number of nitrogens with zero attached hydrogens (tertiary/aromatic N) is 3. The maximum absolute atomic E-state index is 13.3. The Kier molecular flexibility index (Phi) is 2.66. The Morgan fingerprint density at radius 1 is 1.38 bits per heavy atom. The quantitative estimate of drug-likeness (QED) is 0.716. The molecule has 0 aliphatic rings. The number of rotatable bonds is 3. The van der Waals surface area contributed by atoms with E-state index in [1.807, 2.05) is 19.0 Å². The van der Waals surface area contributed by atoms with E-state index in [9.17, 15) is 4.39 Å². The maximum atomic E-state index is 13.3. The second-order valence-corrected chi connectivity index (χ2v) is 3.71. The van der Waals surface area contributed by atoms with Crippen molar-refractivity contribution in [3.05, 3.63) is 11.8 Å². The fourth-order valence-electron chi connectivity index (χ4n) is 0.828. The van der Waals surface area contributed by atoms with Crippen molar-refractivity contribution in [1.29, 1.82) is 0 Å². The SMILES string of the molecule is CN(C)Cc1nnc(C(C)(C)F)o1. The van der Waals surface area contributed by atoms with Gasteiger partial charge in [0.25, 0.3) is 5.89 Å². The summed E-state index contributed by atoms with van der Waals surface area (Å²) in [6, 6.07) is 0. The van der Waals surface area contributed by atoms with Crippen LogP contribution in [-0.4, -0.2) is 29.2 Å². The summed E-state index contributed by atoms with van der Waals surface area (Å²) in [5.41, 5.74) is -1.56. The summed E-state index contributed by atoms with van der Waals surface area (Å²) < 4.78 is 18.4. The Morgan fingerprint density at radius 3 is 2.38 bits per heavy atom. The standard InChI is InChI=1S/C8H14FN3O/c1-8(2,9)7-11-10-6(13-7)5-12(3)4/h5H2,1-4H3. The predicted octanol–water partition coefficient (Wildman–Crippen LogP) is 1.34. The first kappa shape index (κ1) is 10.1.